The number of rotatable bonds is 10. The summed E-state index contributed by atoms with van der Waals surface area (Å²) in [5, 5.41) is 9.38. The molecule has 5 nitrogen and oxygen atoms in total. The minimum absolute atomic E-state index is 0.168. The van der Waals surface area contributed by atoms with Crippen LogP contribution in [0.1, 0.15) is 60.1 Å². The fourth-order valence-corrected chi connectivity index (χ4v) is 5.11. The van der Waals surface area contributed by atoms with Crippen LogP contribution in [0.3, 0.4) is 0 Å². The monoisotopic (exact) mass is 499 g/mol. The van der Waals surface area contributed by atoms with Crippen molar-refractivity contribution in [3.8, 4) is 5.75 Å². The van der Waals surface area contributed by atoms with Crippen molar-refractivity contribution in [1.82, 2.24) is 4.90 Å². The average Bonchev–Trinajstić information content (AvgIpc) is 3.16. The van der Waals surface area contributed by atoms with E-state index in [1.165, 1.54) is 16.0 Å². The summed E-state index contributed by atoms with van der Waals surface area (Å²) >= 11 is 0. The van der Waals surface area contributed by atoms with E-state index in [4.69, 9.17) is 4.74 Å². The van der Waals surface area contributed by atoms with Gasteiger partial charge in [-0.15, -0.1) is 0 Å². The lowest BCUT2D eigenvalue weighted by molar-refractivity contribution is -0.144. The van der Waals surface area contributed by atoms with Crippen LogP contribution in [0.4, 0.5) is 0 Å². The summed E-state index contributed by atoms with van der Waals surface area (Å²) in [5.41, 5.74) is 6.44. The Labute approximate surface area is 220 Å². The molecular formula is C32H37NO4. The first kappa shape index (κ1) is 26.5. The third-order valence-electron chi connectivity index (χ3n) is 7.06. The summed E-state index contributed by atoms with van der Waals surface area (Å²) in [6.07, 6.45) is 2.36. The fraction of sp³-hybridized carbons (Fsp3) is 0.375. The van der Waals surface area contributed by atoms with Gasteiger partial charge in [-0.25, -0.2) is 0 Å². The van der Waals surface area contributed by atoms with Gasteiger partial charge in [0, 0.05) is 19.4 Å². The number of nitrogens with zero attached hydrogens (tertiary/aromatic N) is 1. The van der Waals surface area contributed by atoms with E-state index in [2.05, 4.69) is 51.1 Å². The number of carbonyl (C=O) groups excluding carboxylic acids is 1. The molecule has 0 bridgehead atoms. The second-order valence-corrected chi connectivity index (χ2v) is 10.9. The van der Waals surface area contributed by atoms with Gasteiger partial charge in [-0.3, -0.25) is 9.59 Å². The maximum atomic E-state index is 13.1. The Morgan fingerprint density at radius 1 is 1.00 bits per heavy atom. The fourth-order valence-electron chi connectivity index (χ4n) is 5.11. The molecule has 5 heteroatoms. The Hall–Kier alpha value is -3.60. The lowest BCUT2D eigenvalue weighted by Gasteiger charge is -2.24. The molecule has 0 saturated heterocycles. The Morgan fingerprint density at radius 3 is 2.41 bits per heavy atom. The first-order valence-corrected chi connectivity index (χ1v) is 13.0. The van der Waals surface area contributed by atoms with Gasteiger partial charge in [0.05, 0.1) is 6.42 Å². The van der Waals surface area contributed by atoms with E-state index >= 15 is 0 Å². The van der Waals surface area contributed by atoms with Crippen LogP contribution < -0.4 is 4.74 Å². The van der Waals surface area contributed by atoms with Crippen LogP contribution in [0, 0.1) is 6.92 Å². The van der Waals surface area contributed by atoms with Crippen molar-refractivity contribution in [1.29, 1.82) is 0 Å². The Kier molecular flexibility index (Phi) is 8.01. The standard InChI is InChI=1S/C32H37NO4/c1-22(2)27-11-8-25(9-12-27)19-32(4)20-28-17-26(10-13-29(28)37-32)18-30(34)33(21-31(35)36)15-14-24-7-5-6-23(3)16-24/h5-13,16-17,22H,14-15,18-21H2,1-4H3,(H,35,36)/t32-/m0/s1. The van der Waals surface area contributed by atoms with Gasteiger partial charge in [-0.1, -0.05) is 80.1 Å². The molecule has 0 spiro atoms. The van der Waals surface area contributed by atoms with E-state index in [0.29, 0.717) is 18.9 Å². The molecule has 1 aliphatic heterocycles. The molecule has 1 N–H and O–H groups in total. The molecule has 0 unspecified atom stereocenters. The topological polar surface area (TPSA) is 66.8 Å². The van der Waals surface area contributed by atoms with E-state index in [1.54, 1.807) is 0 Å². The van der Waals surface area contributed by atoms with Crippen LogP contribution >= 0.6 is 0 Å². The highest BCUT2D eigenvalue weighted by Gasteiger charge is 2.35. The zero-order chi connectivity index (χ0) is 26.6. The molecule has 1 aliphatic rings. The van der Waals surface area contributed by atoms with E-state index < -0.39 is 5.97 Å². The normalized spacial score (nSPS) is 16.4. The average molecular weight is 500 g/mol. The van der Waals surface area contributed by atoms with Crippen LogP contribution in [0.15, 0.2) is 66.7 Å². The summed E-state index contributed by atoms with van der Waals surface area (Å²) < 4.78 is 6.36. The van der Waals surface area contributed by atoms with Crippen LogP contribution in [0.2, 0.25) is 0 Å². The highest BCUT2D eigenvalue weighted by Crippen LogP contribution is 2.37. The Bertz CT molecular complexity index is 1260. The van der Waals surface area contributed by atoms with Crippen LogP contribution in [0.5, 0.6) is 5.75 Å². The first-order valence-electron chi connectivity index (χ1n) is 13.0. The molecule has 37 heavy (non-hydrogen) atoms. The predicted octanol–water partition coefficient (Wildman–Crippen LogP) is 5.75. The third kappa shape index (κ3) is 7.00. The number of carboxylic acids is 1. The molecule has 4 rings (SSSR count). The Balaban J connectivity index is 1.40. The number of carbonyl (C=O) groups is 2. The third-order valence-corrected chi connectivity index (χ3v) is 7.06. The number of benzene rings is 3. The summed E-state index contributed by atoms with van der Waals surface area (Å²) in [6, 6.07) is 22.7. The summed E-state index contributed by atoms with van der Waals surface area (Å²) in [7, 11) is 0. The van der Waals surface area contributed by atoms with E-state index in [0.717, 1.165) is 40.8 Å². The molecule has 0 radical (unpaired) electrons. The van der Waals surface area contributed by atoms with E-state index in [-0.39, 0.29) is 24.5 Å². The Morgan fingerprint density at radius 2 is 1.73 bits per heavy atom. The van der Waals surface area contributed by atoms with Gasteiger partial charge in [0.2, 0.25) is 5.91 Å². The highest BCUT2D eigenvalue weighted by molar-refractivity contribution is 5.83. The van der Waals surface area contributed by atoms with Crippen molar-refractivity contribution in [2.75, 3.05) is 13.1 Å². The van der Waals surface area contributed by atoms with Crippen molar-refractivity contribution in [2.24, 2.45) is 0 Å². The maximum Gasteiger partial charge on any atom is 0.323 e. The number of amides is 1. The zero-order valence-corrected chi connectivity index (χ0v) is 22.3. The second kappa shape index (κ2) is 11.2. The molecule has 0 saturated carbocycles. The SMILES string of the molecule is Cc1cccc(CCN(CC(=O)O)C(=O)Cc2ccc3c(c2)C[C@](C)(Cc2ccc(C(C)C)cc2)O3)c1. The molecule has 1 amide bonds. The van der Waals surface area contributed by atoms with Gasteiger partial charge in [-0.2, -0.15) is 0 Å². The van der Waals surface area contributed by atoms with Crippen LogP contribution in [-0.2, 0) is 35.3 Å². The van der Waals surface area contributed by atoms with Gasteiger partial charge in [0.1, 0.15) is 17.9 Å². The van der Waals surface area contributed by atoms with Gasteiger partial charge < -0.3 is 14.7 Å². The van der Waals surface area contributed by atoms with Crippen LogP contribution in [-0.4, -0.2) is 40.6 Å². The highest BCUT2D eigenvalue weighted by atomic mass is 16.5. The number of hydrogen-bond acceptors (Lipinski definition) is 3. The van der Waals surface area contributed by atoms with Gasteiger partial charge >= 0.3 is 5.97 Å². The number of fused-ring (bicyclic) bond motifs is 1. The zero-order valence-electron chi connectivity index (χ0n) is 22.3. The van der Waals surface area contributed by atoms with E-state index in [9.17, 15) is 14.7 Å². The lowest BCUT2D eigenvalue weighted by atomic mass is 9.90. The molecular weight excluding hydrogens is 462 g/mol. The molecule has 0 aliphatic carbocycles. The lowest BCUT2D eigenvalue weighted by Crippen LogP contribution is -2.38. The summed E-state index contributed by atoms with van der Waals surface area (Å²) in [4.78, 5) is 26.0. The van der Waals surface area contributed by atoms with Gasteiger partial charge in [0.25, 0.3) is 0 Å². The predicted molar refractivity (Wildman–Crippen MR) is 146 cm³/mol. The smallest absolute Gasteiger partial charge is 0.323 e. The number of aliphatic carboxylic acids is 1. The number of hydrogen-bond donors (Lipinski definition) is 1. The second-order valence-electron chi connectivity index (χ2n) is 10.9. The van der Waals surface area contributed by atoms with Crippen molar-refractivity contribution in [3.05, 3.63) is 100 Å². The number of carboxylic acid groups (broad SMARTS) is 1. The first-order chi connectivity index (χ1) is 17.6. The molecule has 3 aromatic rings. The maximum absolute atomic E-state index is 13.1. The van der Waals surface area contributed by atoms with Crippen molar-refractivity contribution < 1.29 is 19.4 Å². The molecule has 0 aromatic heterocycles. The van der Waals surface area contributed by atoms with Crippen molar-refractivity contribution >= 4 is 11.9 Å². The van der Waals surface area contributed by atoms with E-state index in [1.807, 2.05) is 43.3 Å². The minimum Gasteiger partial charge on any atom is -0.487 e. The van der Waals surface area contributed by atoms with Gasteiger partial charge in [0.15, 0.2) is 0 Å². The molecule has 1 atom stereocenters. The largest absolute Gasteiger partial charge is 0.487 e. The number of aryl methyl sites for hydroxylation is 1. The summed E-state index contributed by atoms with van der Waals surface area (Å²) in [6.45, 7) is 8.62. The van der Waals surface area contributed by atoms with Crippen molar-refractivity contribution in [3.63, 3.8) is 0 Å². The minimum atomic E-state index is -1.00. The van der Waals surface area contributed by atoms with Gasteiger partial charge in [-0.05, 0) is 60.1 Å². The van der Waals surface area contributed by atoms with Crippen molar-refractivity contribution in [2.45, 2.75) is 64.9 Å². The molecule has 3 aromatic carbocycles. The molecule has 0 fully saturated rings. The molecule has 1 heterocycles. The number of ether oxygens (including phenoxy) is 1. The summed E-state index contributed by atoms with van der Waals surface area (Å²) in [5.74, 6) is 0.185. The van der Waals surface area contributed by atoms with Crippen LogP contribution in [0.25, 0.3) is 0 Å². The molecule has 194 valence electrons. The quantitative estimate of drug-likeness (QED) is 0.386.